The van der Waals surface area contributed by atoms with Crippen LogP contribution in [0.15, 0.2) is 18.2 Å². The van der Waals surface area contributed by atoms with E-state index in [0.717, 1.165) is 37.1 Å². The van der Waals surface area contributed by atoms with Gasteiger partial charge in [-0.1, -0.05) is 6.07 Å². The summed E-state index contributed by atoms with van der Waals surface area (Å²) in [4.78, 5) is 11.7. The van der Waals surface area contributed by atoms with E-state index in [1.807, 2.05) is 6.92 Å². The van der Waals surface area contributed by atoms with Crippen molar-refractivity contribution in [1.29, 1.82) is 0 Å². The molecule has 112 valence electrons. The van der Waals surface area contributed by atoms with Crippen LogP contribution in [0.5, 0.6) is 0 Å². The van der Waals surface area contributed by atoms with Gasteiger partial charge in [-0.15, -0.1) is 12.4 Å². The second-order valence-electron chi connectivity index (χ2n) is 5.23. The number of carbonyl (C=O) groups is 1. The molecule has 1 aromatic carbocycles. The highest BCUT2D eigenvalue weighted by molar-refractivity contribution is 5.85. The summed E-state index contributed by atoms with van der Waals surface area (Å²) in [6.45, 7) is 4.48. The summed E-state index contributed by atoms with van der Waals surface area (Å²) in [7, 11) is 0. The topological polar surface area (TPSA) is 41.1 Å². The standard InChI is InChI=1S/C15H21FN2O.ClH/c1-11-8-14(16)3-2-13(11)5-7-18-15(19)9-12-4-6-17-10-12;/h2-3,8,12,17H,4-7,9-10H2,1H3,(H,18,19);1H. The Morgan fingerprint density at radius 2 is 2.30 bits per heavy atom. The Balaban J connectivity index is 0.00000200. The van der Waals surface area contributed by atoms with Gasteiger partial charge in [-0.05, 0) is 62.0 Å². The second-order valence-corrected chi connectivity index (χ2v) is 5.23. The lowest BCUT2D eigenvalue weighted by atomic mass is 10.0. The molecule has 1 saturated heterocycles. The number of benzene rings is 1. The quantitative estimate of drug-likeness (QED) is 0.875. The highest BCUT2D eigenvalue weighted by atomic mass is 35.5. The van der Waals surface area contributed by atoms with Gasteiger partial charge in [0.25, 0.3) is 0 Å². The van der Waals surface area contributed by atoms with Crippen molar-refractivity contribution in [3.63, 3.8) is 0 Å². The summed E-state index contributed by atoms with van der Waals surface area (Å²) in [5.41, 5.74) is 2.03. The zero-order valence-electron chi connectivity index (χ0n) is 11.7. The van der Waals surface area contributed by atoms with Crippen LogP contribution in [0, 0.1) is 18.7 Å². The van der Waals surface area contributed by atoms with Gasteiger partial charge in [-0.3, -0.25) is 4.79 Å². The van der Waals surface area contributed by atoms with Crippen molar-refractivity contribution in [3.8, 4) is 0 Å². The predicted octanol–water partition coefficient (Wildman–Crippen LogP) is 2.21. The zero-order chi connectivity index (χ0) is 13.7. The number of halogens is 2. The minimum atomic E-state index is -0.209. The molecule has 2 N–H and O–H groups in total. The molecule has 1 aliphatic heterocycles. The van der Waals surface area contributed by atoms with Crippen LogP contribution in [0.3, 0.4) is 0 Å². The molecule has 20 heavy (non-hydrogen) atoms. The molecule has 0 bridgehead atoms. The van der Waals surface area contributed by atoms with Crippen LogP contribution in [-0.2, 0) is 11.2 Å². The monoisotopic (exact) mass is 300 g/mol. The van der Waals surface area contributed by atoms with E-state index < -0.39 is 0 Å². The van der Waals surface area contributed by atoms with Crippen LogP contribution in [-0.4, -0.2) is 25.5 Å². The maximum atomic E-state index is 12.9. The fraction of sp³-hybridized carbons (Fsp3) is 0.533. The molecule has 0 saturated carbocycles. The van der Waals surface area contributed by atoms with E-state index in [2.05, 4.69) is 10.6 Å². The number of hydrogen-bond donors (Lipinski definition) is 2. The molecule has 1 heterocycles. The summed E-state index contributed by atoms with van der Waals surface area (Å²) in [6.07, 6.45) is 2.45. The average molecular weight is 301 g/mol. The van der Waals surface area contributed by atoms with Crippen LogP contribution in [0.4, 0.5) is 4.39 Å². The van der Waals surface area contributed by atoms with Crippen LogP contribution in [0.25, 0.3) is 0 Å². The van der Waals surface area contributed by atoms with E-state index in [4.69, 9.17) is 0 Å². The molecule has 1 amide bonds. The number of rotatable bonds is 5. The molecule has 2 rings (SSSR count). The Morgan fingerprint density at radius 1 is 1.50 bits per heavy atom. The molecule has 1 atom stereocenters. The molecule has 0 spiro atoms. The number of amides is 1. The molecule has 1 aromatic rings. The van der Waals surface area contributed by atoms with E-state index in [9.17, 15) is 9.18 Å². The third-order valence-electron chi connectivity index (χ3n) is 3.66. The average Bonchev–Trinajstić information content (AvgIpc) is 2.84. The van der Waals surface area contributed by atoms with Gasteiger partial charge in [0.15, 0.2) is 0 Å². The highest BCUT2D eigenvalue weighted by Crippen LogP contribution is 2.12. The van der Waals surface area contributed by atoms with E-state index in [-0.39, 0.29) is 24.1 Å². The normalized spacial score (nSPS) is 17.6. The second kappa shape index (κ2) is 8.22. The van der Waals surface area contributed by atoms with Gasteiger partial charge >= 0.3 is 0 Å². The Bertz CT molecular complexity index is 447. The van der Waals surface area contributed by atoms with Gasteiger partial charge in [0.2, 0.25) is 5.91 Å². The lowest BCUT2D eigenvalue weighted by Gasteiger charge is -2.10. The molecule has 0 aromatic heterocycles. The minimum Gasteiger partial charge on any atom is -0.356 e. The molecule has 0 aliphatic carbocycles. The van der Waals surface area contributed by atoms with Crippen LogP contribution in [0.1, 0.15) is 24.0 Å². The molecule has 1 unspecified atom stereocenters. The number of hydrogen-bond acceptors (Lipinski definition) is 2. The van der Waals surface area contributed by atoms with Crippen molar-refractivity contribution in [2.75, 3.05) is 19.6 Å². The first-order valence-corrected chi connectivity index (χ1v) is 6.87. The lowest BCUT2D eigenvalue weighted by molar-refractivity contribution is -0.121. The lowest BCUT2D eigenvalue weighted by Crippen LogP contribution is -2.28. The Morgan fingerprint density at radius 3 is 2.95 bits per heavy atom. The van der Waals surface area contributed by atoms with Gasteiger partial charge in [-0.25, -0.2) is 4.39 Å². The fourth-order valence-corrected chi connectivity index (χ4v) is 2.50. The molecule has 1 fully saturated rings. The fourth-order valence-electron chi connectivity index (χ4n) is 2.50. The van der Waals surface area contributed by atoms with Crippen molar-refractivity contribution in [3.05, 3.63) is 35.1 Å². The van der Waals surface area contributed by atoms with E-state index >= 15 is 0 Å². The van der Waals surface area contributed by atoms with Gasteiger partial charge in [-0.2, -0.15) is 0 Å². The Labute approximate surface area is 125 Å². The van der Waals surface area contributed by atoms with E-state index in [0.29, 0.717) is 18.9 Å². The summed E-state index contributed by atoms with van der Waals surface area (Å²) in [5.74, 6) is 0.389. The van der Waals surface area contributed by atoms with Gasteiger partial charge < -0.3 is 10.6 Å². The number of nitrogens with one attached hydrogen (secondary N) is 2. The molecular weight excluding hydrogens is 279 g/mol. The third kappa shape index (κ3) is 5.10. The predicted molar refractivity (Wildman–Crippen MR) is 80.7 cm³/mol. The molecule has 3 nitrogen and oxygen atoms in total. The van der Waals surface area contributed by atoms with Gasteiger partial charge in [0.1, 0.15) is 5.82 Å². The van der Waals surface area contributed by atoms with Gasteiger partial charge in [0, 0.05) is 13.0 Å². The summed E-state index contributed by atoms with van der Waals surface area (Å²) in [5, 5.41) is 6.20. The van der Waals surface area contributed by atoms with Crippen molar-refractivity contribution in [2.24, 2.45) is 5.92 Å². The smallest absolute Gasteiger partial charge is 0.220 e. The maximum absolute atomic E-state index is 12.9. The summed E-state index contributed by atoms with van der Waals surface area (Å²) < 4.78 is 12.9. The van der Waals surface area contributed by atoms with Gasteiger partial charge in [0.05, 0.1) is 0 Å². The number of aryl methyl sites for hydroxylation is 1. The molecular formula is C15H22ClFN2O. The highest BCUT2D eigenvalue weighted by Gasteiger charge is 2.17. The van der Waals surface area contributed by atoms with Crippen LogP contribution < -0.4 is 10.6 Å². The van der Waals surface area contributed by atoms with E-state index in [1.54, 1.807) is 6.07 Å². The van der Waals surface area contributed by atoms with Crippen molar-refractivity contribution >= 4 is 18.3 Å². The van der Waals surface area contributed by atoms with Crippen molar-refractivity contribution in [1.82, 2.24) is 10.6 Å². The van der Waals surface area contributed by atoms with Crippen LogP contribution >= 0.6 is 12.4 Å². The summed E-state index contributed by atoms with van der Waals surface area (Å²) in [6, 6.07) is 4.79. The summed E-state index contributed by atoms with van der Waals surface area (Å²) >= 11 is 0. The molecule has 5 heteroatoms. The van der Waals surface area contributed by atoms with E-state index in [1.165, 1.54) is 12.1 Å². The minimum absolute atomic E-state index is 0. The maximum Gasteiger partial charge on any atom is 0.220 e. The first kappa shape index (κ1) is 16.9. The molecule has 1 aliphatic rings. The zero-order valence-corrected chi connectivity index (χ0v) is 12.6. The van der Waals surface area contributed by atoms with Crippen LogP contribution in [0.2, 0.25) is 0 Å². The SMILES string of the molecule is Cc1cc(F)ccc1CCNC(=O)CC1CCNC1.Cl. The van der Waals surface area contributed by atoms with Crippen molar-refractivity contribution in [2.45, 2.75) is 26.2 Å². The molecule has 0 radical (unpaired) electrons. The largest absolute Gasteiger partial charge is 0.356 e. The first-order chi connectivity index (χ1) is 9.15. The number of carbonyl (C=O) groups excluding carboxylic acids is 1. The Kier molecular flexibility index (Phi) is 6.96. The van der Waals surface area contributed by atoms with Crippen molar-refractivity contribution < 1.29 is 9.18 Å². The Hall–Kier alpha value is -1.13. The first-order valence-electron chi connectivity index (χ1n) is 6.87. The third-order valence-corrected chi connectivity index (χ3v) is 3.66.